The number of nitriles is 1. The third-order valence-corrected chi connectivity index (χ3v) is 3.06. The van der Waals surface area contributed by atoms with Gasteiger partial charge in [0.25, 0.3) is 0 Å². The van der Waals surface area contributed by atoms with Crippen molar-refractivity contribution in [2.75, 3.05) is 0 Å². The number of aromatic nitrogens is 2. The molecule has 3 heteroatoms. The van der Waals surface area contributed by atoms with Gasteiger partial charge in [0.05, 0.1) is 17.1 Å². The van der Waals surface area contributed by atoms with Crippen LogP contribution in [0.3, 0.4) is 0 Å². The minimum absolute atomic E-state index is 1.00. The van der Waals surface area contributed by atoms with E-state index in [-0.39, 0.29) is 0 Å². The lowest BCUT2D eigenvalue weighted by atomic mass is 10.0. The minimum Gasteiger partial charge on any atom is -0.254 e. The zero-order valence-corrected chi connectivity index (χ0v) is 11.3. The predicted molar refractivity (Wildman–Crippen MR) is 77.8 cm³/mol. The van der Waals surface area contributed by atoms with Gasteiger partial charge in [-0.1, -0.05) is 12.1 Å². The zero-order valence-electron chi connectivity index (χ0n) is 11.3. The monoisotopic (exact) mass is 249 g/mol. The van der Waals surface area contributed by atoms with E-state index < -0.39 is 0 Å². The molecule has 0 fully saturated rings. The van der Waals surface area contributed by atoms with Crippen molar-refractivity contribution in [1.29, 1.82) is 5.26 Å². The molecule has 3 rings (SSSR count). The molecule has 0 radical (unpaired) electrons. The van der Waals surface area contributed by atoms with Gasteiger partial charge in [-0.3, -0.25) is 9.97 Å². The number of rotatable bonds is 0. The van der Waals surface area contributed by atoms with Crippen LogP contribution in [0, 0.1) is 25.2 Å². The molecular weight excluding hydrogens is 234 g/mol. The van der Waals surface area contributed by atoms with E-state index in [1.54, 1.807) is 6.07 Å². The van der Waals surface area contributed by atoms with Gasteiger partial charge in [0.2, 0.25) is 0 Å². The van der Waals surface area contributed by atoms with Gasteiger partial charge in [-0.05, 0) is 37.1 Å². The Bertz CT molecular complexity index is 709. The van der Waals surface area contributed by atoms with Gasteiger partial charge in [0.1, 0.15) is 0 Å². The normalized spacial score (nSPS) is 9.79. The van der Waals surface area contributed by atoms with Gasteiger partial charge in [0, 0.05) is 30.1 Å². The van der Waals surface area contributed by atoms with E-state index in [4.69, 9.17) is 5.26 Å². The van der Waals surface area contributed by atoms with E-state index in [0.29, 0.717) is 0 Å². The molecule has 0 bridgehead atoms. The summed E-state index contributed by atoms with van der Waals surface area (Å²) in [5.41, 5.74) is 4.49. The van der Waals surface area contributed by atoms with Crippen LogP contribution in [0.15, 0.2) is 36.7 Å². The Morgan fingerprint density at radius 3 is 1.58 bits per heavy atom. The van der Waals surface area contributed by atoms with Crippen LogP contribution < -0.4 is 0 Å². The van der Waals surface area contributed by atoms with Gasteiger partial charge in [0.15, 0.2) is 0 Å². The van der Waals surface area contributed by atoms with E-state index in [2.05, 4.69) is 35.9 Å². The Morgan fingerprint density at radius 1 is 0.842 bits per heavy atom. The number of aryl methyl sites for hydroxylation is 2. The van der Waals surface area contributed by atoms with Crippen molar-refractivity contribution in [3.8, 4) is 6.07 Å². The molecule has 0 unspecified atom stereocenters. The summed E-state index contributed by atoms with van der Waals surface area (Å²) in [4.78, 5) is 8.90. The summed E-state index contributed by atoms with van der Waals surface area (Å²) in [7, 11) is 0. The molecule has 0 aliphatic carbocycles. The second kappa shape index (κ2) is 5.45. The van der Waals surface area contributed by atoms with E-state index in [1.807, 2.05) is 24.5 Å². The molecule has 19 heavy (non-hydrogen) atoms. The molecular formula is C16H15N3. The molecule has 2 aromatic heterocycles. The topological polar surface area (TPSA) is 49.6 Å². The lowest BCUT2D eigenvalue weighted by molar-refractivity contribution is 1.33. The zero-order chi connectivity index (χ0) is 13.8. The Balaban J connectivity index is 0.000000408. The molecule has 3 aromatic rings. The highest BCUT2D eigenvalue weighted by Gasteiger charge is 2.05. The molecule has 0 saturated heterocycles. The van der Waals surface area contributed by atoms with E-state index >= 15 is 0 Å². The second-order valence-corrected chi connectivity index (χ2v) is 4.34. The Labute approximate surface area is 112 Å². The maximum atomic E-state index is 7.32. The molecule has 0 N–H and O–H groups in total. The van der Waals surface area contributed by atoms with Gasteiger partial charge >= 0.3 is 0 Å². The predicted octanol–water partition coefficient (Wildman–Crippen LogP) is 3.93. The van der Waals surface area contributed by atoms with Crippen molar-refractivity contribution >= 4 is 21.8 Å². The standard InChI is InChI=1S/C14H12N2.C2H3N/c1-9-5-7-15-13-11(9)3-4-12-10(2)6-8-16-14(12)13;1-2-3/h3-8H,1-2H3;1H3. The van der Waals surface area contributed by atoms with Crippen molar-refractivity contribution in [2.24, 2.45) is 0 Å². The van der Waals surface area contributed by atoms with Gasteiger partial charge < -0.3 is 0 Å². The van der Waals surface area contributed by atoms with Gasteiger partial charge in [-0.2, -0.15) is 5.26 Å². The number of benzene rings is 1. The number of nitrogens with zero attached hydrogens (tertiary/aromatic N) is 3. The third-order valence-electron chi connectivity index (χ3n) is 3.06. The van der Waals surface area contributed by atoms with E-state index in [9.17, 15) is 0 Å². The maximum absolute atomic E-state index is 7.32. The number of hydrogen-bond acceptors (Lipinski definition) is 3. The fourth-order valence-corrected chi connectivity index (χ4v) is 2.10. The second-order valence-electron chi connectivity index (χ2n) is 4.34. The Kier molecular flexibility index (Phi) is 3.72. The Hall–Kier alpha value is -2.47. The lowest BCUT2D eigenvalue weighted by Gasteiger charge is -2.06. The van der Waals surface area contributed by atoms with Crippen LogP contribution in [0.2, 0.25) is 0 Å². The summed E-state index contributed by atoms with van der Waals surface area (Å²) < 4.78 is 0. The van der Waals surface area contributed by atoms with Crippen molar-refractivity contribution < 1.29 is 0 Å². The van der Waals surface area contributed by atoms with Crippen molar-refractivity contribution in [3.05, 3.63) is 47.8 Å². The molecule has 1 aromatic carbocycles. The van der Waals surface area contributed by atoms with Crippen LogP contribution in [0.25, 0.3) is 21.8 Å². The largest absolute Gasteiger partial charge is 0.254 e. The molecule has 3 nitrogen and oxygen atoms in total. The SMILES string of the molecule is CC#N.Cc1ccnc2c1ccc1c(C)ccnc12. The first-order valence-corrected chi connectivity index (χ1v) is 6.09. The highest BCUT2D eigenvalue weighted by Crippen LogP contribution is 2.25. The molecule has 94 valence electrons. The highest BCUT2D eigenvalue weighted by atomic mass is 14.7. The first-order valence-electron chi connectivity index (χ1n) is 6.09. The fourth-order valence-electron chi connectivity index (χ4n) is 2.10. The molecule has 0 amide bonds. The van der Waals surface area contributed by atoms with Gasteiger partial charge in [-0.25, -0.2) is 0 Å². The number of fused-ring (bicyclic) bond motifs is 3. The molecule has 0 aliphatic heterocycles. The van der Waals surface area contributed by atoms with Crippen LogP contribution in [0.4, 0.5) is 0 Å². The molecule has 0 saturated carbocycles. The fraction of sp³-hybridized carbons (Fsp3) is 0.188. The lowest BCUT2D eigenvalue weighted by Crippen LogP contribution is -1.88. The summed E-state index contributed by atoms with van der Waals surface area (Å²) >= 11 is 0. The molecule has 0 aliphatic rings. The van der Waals surface area contributed by atoms with Crippen molar-refractivity contribution in [2.45, 2.75) is 20.8 Å². The van der Waals surface area contributed by atoms with E-state index in [1.165, 1.54) is 28.8 Å². The smallest absolute Gasteiger partial charge is 0.0967 e. The molecule has 0 spiro atoms. The summed E-state index contributed by atoms with van der Waals surface area (Å²) in [5.74, 6) is 0. The first kappa shape index (κ1) is 13.0. The Morgan fingerprint density at radius 2 is 1.21 bits per heavy atom. The van der Waals surface area contributed by atoms with Crippen LogP contribution in [0.1, 0.15) is 18.1 Å². The van der Waals surface area contributed by atoms with Gasteiger partial charge in [-0.15, -0.1) is 0 Å². The number of pyridine rings is 2. The van der Waals surface area contributed by atoms with Crippen molar-refractivity contribution in [3.63, 3.8) is 0 Å². The summed E-state index contributed by atoms with van der Waals surface area (Å²) in [6.07, 6.45) is 3.70. The maximum Gasteiger partial charge on any atom is 0.0967 e. The van der Waals surface area contributed by atoms with Crippen LogP contribution in [0.5, 0.6) is 0 Å². The van der Waals surface area contributed by atoms with Crippen molar-refractivity contribution in [1.82, 2.24) is 9.97 Å². The van der Waals surface area contributed by atoms with Crippen LogP contribution in [-0.2, 0) is 0 Å². The van der Waals surface area contributed by atoms with Crippen LogP contribution in [-0.4, -0.2) is 9.97 Å². The first-order chi connectivity index (χ1) is 9.19. The average Bonchev–Trinajstić information content (AvgIpc) is 2.40. The quantitative estimate of drug-likeness (QED) is 0.567. The summed E-state index contributed by atoms with van der Waals surface area (Å²) in [6.45, 7) is 5.64. The molecule has 0 atom stereocenters. The van der Waals surface area contributed by atoms with E-state index in [0.717, 1.165) is 11.0 Å². The minimum atomic E-state index is 1.00. The van der Waals surface area contributed by atoms with Crippen LogP contribution >= 0.6 is 0 Å². The summed E-state index contributed by atoms with van der Waals surface area (Å²) in [6, 6.07) is 10.1. The summed E-state index contributed by atoms with van der Waals surface area (Å²) in [5, 5.41) is 9.70. The highest BCUT2D eigenvalue weighted by molar-refractivity contribution is 6.04. The average molecular weight is 249 g/mol. The molecule has 2 heterocycles. The number of hydrogen-bond donors (Lipinski definition) is 0. The third kappa shape index (κ3) is 2.38.